The summed E-state index contributed by atoms with van der Waals surface area (Å²) in [7, 11) is 0. The summed E-state index contributed by atoms with van der Waals surface area (Å²) in [6.07, 6.45) is 4.16. The molecule has 1 aliphatic heterocycles. The molecule has 1 saturated heterocycles. The van der Waals surface area contributed by atoms with Crippen molar-refractivity contribution in [3.05, 3.63) is 48.5 Å². The van der Waals surface area contributed by atoms with Crippen LogP contribution < -0.4 is 5.32 Å². The molecule has 1 aromatic heterocycles. The Labute approximate surface area is 112 Å². The predicted octanol–water partition coefficient (Wildman–Crippen LogP) is 1.56. The van der Waals surface area contributed by atoms with Crippen molar-refractivity contribution in [2.75, 3.05) is 18.4 Å². The second kappa shape index (κ2) is 5.75. The Balaban J connectivity index is 1.53. The van der Waals surface area contributed by atoms with Gasteiger partial charge in [0, 0.05) is 25.7 Å². The molecule has 5 heteroatoms. The van der Waals surface area contributed by atoms with Gasteiger partial charge in [0.2, 0.25) is 5.95 Å². The molecule has 0 amide bonds. The van der Waals surface area contributed by atoms with Crippen LogP contribution in [0.4, 0.5) is 5.95 Å². The average molecular weight is 255 g/mol. The lowest BCUT2D eigenvalue weighted by molar-refractivity contribution is 0.328. The molecule has 1 atom stereocenters. The summed E-state index contributed by atoms with van der Waals surface area (Å²) in [5.74, 6) is 0.668. The van der Waals surface area contributed by atoms with Crippen LogP contribution in [-0.2, 0) is 6.54 Å². The monoisotopic (exact) mass is 255 g/mol. The van der Waals surface area contributed by atoms with Crippen LogP contribution in [-0.4, -0.2) is 39.0 Å². The van der Waals surface area contributed by atoms with Gasteiger partial charge in [-0.1, -0.05) is 30.3 Å². The number of hydrogen-bond acceptors (Lipinski definition) is 5. The Bertz CT molecular complexity index is 454. The fraction of sp³-hybridized carbons (Fsp3) is 0.357. The number of benzene rings is 1. The van der Waals surface area contributed by atoms with Gasteiger partial charge in [0.05, 0.1) is 0 Å². The van der Waals surface area contributed by atoms with E-state index < -0.39 is 0 Å². The van der Waals surface area contributed by atoms with Gasteiger partial charge in [-0.05, 0) is 12.0 Å². The van der Waals surface area contributed by atoms with Crippen LogP contribution in [0.25, 0.3) is 0 Å². The van der Waals surface area contributed by atoms with Gasteiger partial charge in [-0.3, -0.25) is 4.90 Å². The van der Waals surface area contributed by atoms with Gasteiger partial charge in [0.15, 0.2) is 0 Å². The molecule has 5 nitrogen and oxygen atoms in total. The summed E-state index contributed by atoms with van der Waals surface area (Å²) in [4.78, 5) is 14.5. The minimum atomic E-state index is 0.422. The molecule has 0 aliphatic carbocycles. The lowest BCUT2D eigenvalue weighted by Gasteiger charge is -2.16. The molecule has 0 radical (unpaired) electrons. The first-order chi connectivity index (χ1) is 9.40. The number of nitrogens with zero attached hydrogens (tertiary/aromatic N) is 4. The first-order valence-electron chi connectivity index (χ1n) is 6.55. The van der Waals surface area contributed by atoms with E-state index in [1.807, 2.05) is 0 Å². The highest BCUT2D eigenvalue weighted by Gasteiger charge is 2.22. The maximum Gasteiger partial charge on any atom is 0.225 e. The van der Waals surface area contributed by atoms with Crippen molar-refractivity contribution in [1.82, 2.24) is 19.9 Å². The quantitative estimate of drug-likeness (QED) is 0.898. The number of hydrogen-bond donors (Lipinski definition) is 1. The summed E-state index contributed by atoms with van der Waals surface area (Å²) < 4.78 is 0. The van der Waals surface area contributed by atoms with Crippen LogP contribution in [0.3, 0.4) is 0 Å². The minimum absolute atomic E-state index is 0.422. The van der Waals surface area contributed by atoms with Crippen LogP contribution in [0.5, 0.6) is 0 Å². The number of nitrogens with one attached hydrogen (secondary N) is 1. The molecule has 1 aliphatic rings. The summed E-state index contributed by atoms with van der Waals surface area (Å²) in [5, 5.41) is 3.35. The lowest BCUT2D eigenvalue weighted by atomic mass is 10.2. The standard InChI is InChI=1S/C14H17N5/c1-2-4-12(5-3-1)8-19-7-6-13(9-19)18-14-16-10-15-11-17-14/h1-5,10-11,13H,6-9H2,(H,15,16,17,18)/t13-/m0/s1. The first-order valence-corrected chi connectivity index (χ1v) is 6.55. The normalized spacial score (nSPS) is 19.5. The maximum atomic E-state index is 4.10. The third-order valence-corrected chi connectivity index (χ3v) is 3.35. The van der Waals surface area contributed by atoms with E-state index in [-0.39, 0.29) is 0 Å². The number of anilines is 1. The van der Waals surface area contributed by atoms with E-state index in [0.717, 1.165) is 26.1 Å². The molecule has 1 N–H and O–H groups in total. The third kappa shape index (κ3) is 3.26. The number of aromatic nitrogens is 3. The van der Waals surface area contributed by atoms with Crippen LogP contribution in [0.15, 0.2) is 43.0 Å². The highest BCUT2D eigenvalue weighted by Crippen LogP contribution is 2.15. The number of likely N-dealkylation sites (tertiary alicyclic amines) is 1. The zero-order chi connectivity index (χ0) is 12.9. The zero-order valence-electron chi connectivity index (χ0n) is 10.7. The van der Waals surface area contributed by atoms with Gasteiger partial charge in [0.1, 0.15) is 12.7 Å². The summed E-state index contributed by atoms with van der Waals surface area (Å²) in [5.41, 5.74) is 1.36. The minimum Gasteiger partial charge on any atom is -0.350 e. The zero-order valence-corrected chi connectivity index (χ0v) is 10.7. The lowest BCUT2D eigenvalue weighted by Crippen LogP contribution is -2.26. The molecule has 1 aromatic carbocycles. The molecule has 98 valence electrons. The molecule has 3 rings (SSSR count). The average Bonchev–Trinajstić information content (AvgIpc) is 2.88. The Hall–Kier alpha value is -2.01. The Morgan fingerprint density at radius 1 is 1.16 bits per heavy atom. The van der Waals surface area contributed by atoms with Crippen molar-refractivity contribution in [1.29, 1.82) is 0 Å². The fourth-order valence-electron chi connectivity index (χ4n) is 2.43. The van der Waals surface area contributed by atoms with E-state index >= 15 is 0 Å². The van der Waals surface area contributed by atoms with Gasteiger partial charge in [-0.2, -0.15) is 0 Å². The van der Waals surface area contributed by atoms with Crippen molar-refractivity contribution in [3.63, 3.8) is 0 Å². The molecular formula is C14H17N5. The highest BCUT2D eigenvalue weighted by atomic mass is 15.2. The molecule has 0 spiro atoms. The second-order valence-electron chi connectivity index (χ2n) is 4.81. The molecule has 19 heavy (non-hydrogen) atoms. The van der Waals surface area contributed by atoms with Gasteiger partial charge in [-0.25, -0.2) is 15.0 Å². The van der Waals surface area contributed by atoms with Gasteiger partial charge in [-0.15, -0.1) is 0 Å². The smallest absolute Gasteiger partial charge is 0.225 e. The Morgan fingerprint density at radius 2 is 1.95 bits per heavy atom. The molecule has 2 heterocycles. The van der Waals surface area contributed by atoms with E-state index in [4.69, 9.17) is 0 Å². The van der Waals surface area contributed by atoms with E-state index in [9.17, 15) is 0 Å². The predicted molar refractivity (Wildman–Crippen MR) is 73.6 cm³/mol. The topological polar surface area (TPSA) is 53.9 Å². The SMILES string of the molecule is c1ccc(CN2CC[C@H](Nc3ncncn3)C2)cc1. The van der Waals surface area contributed by atoms with Crippen molar-refractivity contribution < 1.29 is 0 Å². The van der Waals surface area contributed by atoms with Crippen LogP contribution >= 0.6 is 0 Å². The van der Waals surface area contributed by atoms with Gasteiger partial charge < -0.3 is 5.32 Å². The Morgan fingerprint density at radius 3 is 2.74 bits per heavy atom. The van der Waals surface area contributed by atoms with Crippen molar-refractivity contribution >= 4 is 5.95 Å². The summed E-state index contributed by atoms with van der Waals surface area (Å²) in [6, 6.07) is 11.0. The van der Waals surface area contributed by atoms with E-state index in [1.165, 1.54) is 18.2 Å². The van der Waals surface area contributed by atoms with E-state index in [0.29, 0.717) is 12.0 Å². The van der Waals surface area contributed by atoms with E-state index in [2.05, 4.69) is 55.5 Å². The third-order valence-electron chi connectivity index (χ3n) is 3.35. The molecule has 0 saturated carbocycles. The highest BCUT2D eigenvalue weighted by molar-refractivity contribution is 5.24. The van der Waals surface area contributed by atoms with Crippen LogP contribution in [0.1, 0.15) is 12.0 Å². The van der Waals surface area contributed by atoms with Crippen LogP contribution in [0, 0.1) is 0 Å². The summed E-state index contributed by atoms with van der Waals surface area (Å²) >= 11 is 0. The molecule has 0 bridgehead atoms. The van der Waals surface area contributed by atoms with Crippen molar-refractivity contribution in [3.8, 4) is 0 Å². The Kier molecular flexibility index (Phi) is 3.65. The molecule has 0 unspecified atom stereocenters. The van der Waals surface area contributed by atoms with Crippen molar-refractivity contribution in [2.24, 2.45) is 0 Å². The van der Waals surface area contributed by atoms with E-state index in [1.54, 1.807) is 0 Å². The van der Waals surface area contributed by atoms with Crippen molar-refractivity contribution in [2.45, 2.75) is 19.0 Å². The molecular weight excluding hydrogens is 238 g/mol. The van der Waals surface area contributed by atoms with Crippen LogP contribution in [0.2, 0.25) is 0 Å². The summed E-state index contributed by atoms with van der Waals surface area (Å²) in [6.45, 7) is 3.15. The van der Waals surface area contributed by atoms with Gasteiger partial charge in [0.25, 0.3) is 0 Å². The second-order valence-corrected chi connectivity index (χ2v) is 4.81. The first kappa shape index (κ1) is 12.0. The molecule has 2 aromatic rings. The largest absolute Gasteiger partial charge is 0.350 e. The fourth-order valence-corrected chi connectivity index (χ4v) is 2.43. The number of rotatable bonds is 4. The maximum absolute atomic E-state index is 4.10. The molecule has 1 fully saturated rings. The van der Waals surface area contributed by atoms with Gasteiger partial charge >= 0.3 is 0 Å².